The zero-order chi connectivity index (χ0) is 12.0. The lowest BCUT2D eigenvalue weighted by Gasteiger charge is -2.02. The summed E-state index contributed by atoms with van der Waals surface area (Å²) in [7, 11) is 0. The van der Waals surface area contributed by atoms with Crippen molar-refractivity contribution in [3.05, 3.63) is 42.6 Å². The zero-order valence-electron chi connectivity index (χ0n) is 8.63. The summed E-state index contributed by atoms with van der Waals surface area (Å²) < 4.78 is 0. The number of hydrogen-bond donors (Lipinski definition) is 2. The van der Waals surface area contributed by atoms with Crippen LogP contribution in [0.3, 0.4) is 0 Å². The van der Waals surface area contributed by atoms with E-state index in [4.69, 9.17) is 4.79 Å². The molecule has 0 aliphatic heterocycles. The Kier molecular flexibility index (Phi) is 4.03. The van der Waals surface area contributed by atoms with Crippen molar-refractivity contribution in [3.63, 3.8) is 0 Å². The number of nitrogens with two attached hydrogens (primary N) is 1. The predicted molar refractivity (Wildman–Crippen MR) is 63.8 cm³/mol. The summed E-state index contributed by atoms with van der Waals surface area (Å²) in [6.07, 6.45) is 3.62. The van der Waals surface area contributed by atoms with E-state index in [2.05, 4.69) is 17.3 Å². The van der Waals surface area contributed by atoms with Gasteiger partial charge >= 0.3 is 0 Å². The van der Waals surface area contributed by atoms with Gasteiger partial charge in [-0.15, -0.1) is 0 Å². The van der Waals surface area contributed by atoms with Crippen LogP contribution >= 0.6 is 0 Å². The molecule has 0 saturated carbocycles. The van der Waals surface area contributed by atoms with Gasteiger partial charge in [-0.3, -0.25) is 9.78 Å². The van der Waals surface area contributed by atoms with E-state index >= 15 is 0 Å². The minimum absolute atomic E-state index is 0.246. The lowest BCUT2D eigenvalue weighted by Crippen LogP contribution is -1.82. The third-order valence-electron chi connectivity index (χ3n) is 2.01. The quantitative estimate of drug-likeness (QED) is 0.712. The number of phenols is 1. The standard InChI is InChI=1S/C11H9NO.CH3NO/c1-2-8-9-4-3-7-12-10(9)5-6-11(8)13;2-1-3/h2-7,13H,1H2;1H,(H2,2,3). The second kappa shape index (κ2) is 5.50. The fraction of sp³-hybridized carbons (Fsp3) is 0. The lowest BCUT2D eigenvalue weighted by atomic mass is 10.1. The van der Waals surface area contributed by atoms with Gasteiger partial charge in [0.25, 0.3) is 0 Å². The number of nitrogens with zero attached hydrogens (tertiary/aromatic N) is 1. The van der Waals surface area contributed by atoms with Crippen LogP contribution in [0.4, 0.5) is 0 Å². The van der Waals surface area contributed by atoms with Gasteiger partial charge in [-0.1, -0.05) is 18.7 Å². The van der Waals surface area contributed by atoms with Gasteiger partial charge in [-0.2, -0.15) is 0 Å². The number of rotatable bonds is 1. The van der Waals surface area contributed by atoms with Crippen LogP contribution in [0, 0.1) is 0 Å². The predicted octanol–water partition coefficient (Wildman–Crippen LogP) is 1.68. The topological polar surface area (TPSA) is 76.2 Å². The highest BCUT2D eigenvalue weighted by molar-refractivity contribution is 5.90. The van der Waals surface area contributed by atoms with Gasteiger partial charge in [-0.25, -0.2) is 0 Å². The Morgan fingerprint density at radius 1 is 1.38 bits per heavy atom. The molecular formula is C12H12N2O2. The third kappa shape index (κ3) is 2.36. The Morgan fingerprint density at radius 2 is 2.06 bits per heavy atom. The first kappa shape index (κ1) is 11.7. The van der Waals surface area contributed by atoms with E-state index in [0.29, 0.717) is 0 Å². The molecule has 1 aromatic carbocycles. The maximum absolute atomic E-state index is 9.51. The molecule has 2 aromatic rings. The van der Waals surface area contributed by atoms with Crippen molar-refractivity contribution in [1.82, 2.24) is 4.98 Å². The van der Waals surface area contributed by atoms with Crippen LogP contribution < -0.4 is 5.73 Å². The summed E-state index contributed by atoms with van der Waals surface area (Å²) in [5.41, 5.74) is 5.78. The molecule has 0 saturated heterocycles. The van der Waals surface area contributed by atoms with Gasteiger partial charge in [-0.05, 0) is 18.2 Å². The van der Waals surface area contributed by atoms with Crippen LogP contribution in [0.1, 0.15) is 5.56 Å². The van der Waals surface area contributed by atoms with E-state index in [0.717, 1.165) is 16.5 Å². The molecule has 1 aromatic heterocycles. The van der Waals surface area contributed by atoms with Crippen molar-refractivity contribution in [3.8, 4) is 5.75 Å². The normalized spacial score (nSPS) is 9.00. The highest BCUT2D eigenvalue weighted by Gasteiger charge is 2.02. The fourth-order valence-corrected chi connectivity index (χ4v) is 1.38. The number of benzene rings is 1. The first-order valence-corrected chi connectivity index (χ1v) is 4.59. The summed E-state index contributed by atoms with van der Waals surface area (Å²) >= 11 is 0. The zero-order valence-corrected chi connectivity index (χ0v) is 8.63. The van der Waals surface area contributed by atoms with Gasteiger partial charge in [0.2, 0.25) is 6.41 Å². The summed E-state index contributed by atoms with van der Waals surface area (Å²) in [6.45, 7) is 3.65. The average Bonchev–Trinajstić information content (AvgIpc) is 2.30. The first-order valence-electron chi connectivity index (χ1n) is 4.59. The smallest absolute Gasteiger partial charge is 0.204 e. The van der Waals surface area contributed by atoms with Crippen molar-refractivity contribution in [2.45, 2.75) is 0 Å². The average molecular weight is 216 g/mol. The molecule has 1 heterocycles. The Balaban J connectivity index is 0.000000386. The highest BCUT2D eigenvalue weighted by Crippen LogP contribution is 2.26. The van der Waals surface area contributed by atoms with Gasteiger partial charge in [0.05, 0.1) is 5.52 Å². The van der Waals surface area contributed by atoms with Crippen molar-refractivity contribution >= 4 is 23.4 Å². The Hall–Kier alpha value is -2.36. The monoisotopic (exact) mass is 216 g/mol. The third-order valence-corrected chi connectivity index (χ3v) is 2.01. The molecule has 0 bridgehead atoms. The summed E-state index contributed by atoms with van der Waals surface area (Å²) in [5.74, 6) is 0.246. The van der Waals surface area contributed by atoms with Crippen molar-refractivity contribution in [2.24, 2.45) is 5.73 Å². The Labute approximate surface area is 93.0 Å². The first-order chi connectivity index (χ1) is 7.74. The van der Waals surface area contributed by atoms with Crippen LogP contribution in [0.15, 0.2) is 37.0 Å². The van der Waals surface area contributed by atoms with Crippen LogP contribution in [-0.2, 0) is 4.79 Å². The number of hydrogen-bond acceptors (Lipinski definition) is 3. The largest absolute Gasteiger partial charge is 0.507 e. The molecule has 3 N–H and O–H groups in total. The minimum Gasteiger partial charge on any atom is -0.507 e. The van der Waals surface area contributed by atoms with Crippen LogP contribution in [0.25, 0.3) is 17.0 Å². The van der Waals surface area contributed by atoms with Gasteiger partial charge < -0.3 is 10.8 Å². The van der Waals surface area contributed by atoms with E-state index in [1.54, 1.807) is 24.4 Å². The summed E-state index contributed by atoms with van der Waals surface area (Å²) in [6, 6.07) is 7.18. The number of aromatic nitrogens is 1. The molecule has 0 aliphatic carbocycles. The highest BCUT2D eigenvalue weighted by atomic mass is 16.3. The molecule has 0 atom stereocenters. The number of fused-ring (bicyclic) bond motifs is 1. The lowest BCUT2D eigenvalue weighted by molar-refractivity contribution is -0.106. The second-order valence-corrected chi connectivity index (χ2v) is 2.91. The molecular weight excluding hydrogens is 204 g/mol. The van der Waals surface area contributed by atoms with Crippen molar-refractivity contribution < 1.29 is 9.90 Å². The molecule has 2 rings (SSSR count). The number of carbonyl (C=O) groups is 1. The molecule has 4 heteroatoms. The summed E-state index contributed by atoms with van der Waals surface area (Å²) in [5, 5.41) is 10.4. The van der Waals surface area contributed by atoms with Crippen LogP contribution in [-0.4, -0.2) is 16.5 Å². The van der Waals surface area contributed by atoms with E-state index in [9.17, 15) is 5.11 Å². The SMILES string of the molecule is C=Cc1c(O)ccc2ncccc12.NC=O. The number of amides is 1. The molecule has 16 heavy (non-hydrogen) atoms. The van der Waals surface area contributed by atoms with E-state index < -0.39 is 0 Å². The Morgan fingerprint density at radius 3 is 2.69 bits per heavy atom. The molecule has 0 unspecified atom stereocenters. The van der Waals surface area contributed by atoms with Crippen LogP contribution in [0.2, 0.25) is 0 Å². The maximum atomic E-state index is 9.51. The number of aromatic hydroxyl groups is 1. The summed E-state index contributed by atoms with van der Waals surface area (Å²) in [4.78, 5) is 12.8. The van der Waals surface area contributed by atoms with E-state index in [1.165, 1.54) is 0 Å². The van der Waals surface area contributed by atoms with Crippen LogP contribution in [0.5, 0.6) is 5.75 Å². The molecule has 4 nitrogen and oxygen atoms in total. The molecule has 0 spiro atoms. The van der Waals surface area contributed by atoms with Gasteiger partial charge in [0, 0.05) is 17.1 Å². The van der Waals surface area contributed by atoms with Gasteiger partial charge in [0.1, 0.15) is 5.75 Å². The second-order valence-electron chi connectivity index (χ2n) is 2.91. The van der Waals surface area contributed by atoms with Crippen molar-refractivity contribution in [1.29, 1.82) is 0 Å². The number of carbonyl (C=O) groups excluding carboxylic acids is 1. The Bertz CT molecular complexity index is 509. The molecule has 1 amide bonds. The van der Waals surface area contributed by atoms with E-state index in [1.807, 2.05) is 12.1 Å². The van der Waals surface area contributed by atoms with Crippen molar-refractivity contribution in [2.75, 3.05) is 0 Å². The molecule has 0 radical (unpaired) electrons. The minimum atomic E-state index is 0.246. The maximum Gasteiger partial charge on any atom is 0.204 e. The molecule has 0 aliphatic rings. The fourth-order valence-electron chi connectivity index (χ4n) is 1.38. The number of phenolic OH excluding ortho intramolecular Hbond substituents is 1. The number of pyridine rings is 1. The van der Waals surface area contributed by atoms with E-state index in [-0.39, 0.29) is 12.2 Å². The number of primary amides is 1. The molecule has 82 valence electrons. The molecule has 0 fully saturated rings. The van der Waals surface area contributed by atoms with Gasteiger partial charge in [0.15, 0.2) is 0 Å².